The van der Waals surface area contributed by atoms with Crippen LogP contribution in [-0.2, 0) is 11.8 Å². The van der Waals surface area contributed by atoms with E-state index in [9.17, 15) is 0 Å². The van der Waals surface area contributed by atoms with Crippen molar-refractivity contribution >= 4 is 77.2 Å². The van der Waals surface area contributed by atoms with Crippen LogP contribution >= 0.6 is 0 Å². The molecule has 11 rings (SSSR count). The van der Waals surface area contributed by atoms with Crippen LogP contribution in [-0.4, -0.2) is 0 Å². The van der Waals surface area contributed by atoms with Crippen molar-refractivity contribution in [2.75, 3.05) is 9.80 Å². The van der Waals surface area contributed by atoms with Gasteiger partial charge in [-0.05, 0) is 135 Å². The molecule has 0 saturated heterocycles. The Labute approximate surface area is 334 Å². The first kappa shape index (κ1) is 33.4. The highest BCUT2D eigenvalue weighted by Gasteiger charge is 2.33. The highest BCUT2D eigenvalue weighted by molar-refractivity contribution is 6.32. The maximum Gasteiger partial charge on any atom is 0.0546 e. The monoisotopic (exact) mass is 730 g/mol. The Balaban J connectivity index is 1.33. The van der Waals surface area contributed by atoms with Crippen molar-refractivity contribution in [1.29, 1.82) is 0 Å². The van der Waals surface area contributed by atoms with Crippen molar-refractivity contribution in [3.05, 3.63) is 205 Å². The van der Waals surface area contributed by atoms with Crippen molar-refractivity contribution in [3.63, 3.8) is 0 Å². The minimum absolute atomic E-state index is 0.00153. The fraction of sp³-hybridized carbons (Fsp3) is 0.0909. The first-order chi connectivity index (χ1) is 28.0. The van der Waals surface area contributed by atoms with Gasteiger partial charge in [0.2, 0.25) is 0 Å². The van der Waals surface area contributed by atoms with E-state index in [1.165, 1.54) is 76.7 Å². The van der Waals surface area contributed by atoms with E-state index in [0.29, 0.717) is 0 Å². The number of hydrogen-bond donors (Lipinski definition) is 0. The summed E-state index contributed by atoms with van der Waals surface area (Å²) in [7, 11) is 0. The fourth-order valence-corrected chi connectivity index (χ4v) is 9.59. The second-order valence-corrected chi connectivity index (χ2v) is 16.2. The molecule has 0 aromatic heterocycles. The molecule has 10 aromatic rings. The largest absolute Gasteiger partial charge is 0.310 e. The third-order valence-electron chi connectivity index (χ3n) is 12.4. The maximum atomic E-state index is 2.57. The molecule has 2 heteroatoms. The van der Waals surface area contributed by atoms with E-state index >= 15 is 0 Å². The number of aryl methyl sites for hydroxylation is 1. The van der Waals surface area contributed by atoms with Gasteiger partial charge in [-0.2, -0.15) is 0 Å². The molecule has 2 nitrogen and oxygen atoms in total. The molecule has 57 heavy (non-hydrogen) atoms. The fourth-order valence-electron chi connectivity index (χ4n) is 9.59. The number of para-hydroxylation sites is 4. The van der Waals surface area contributed by atoms with E-state index in [1.54, 1.807) is 0 Å². The smallest absolute Gasteiger partial charge is 0.0546 e. The highest BCUT2D eigenvalue weighted by atomic mass is 15.1. The second-order valence-electron chi connectivity index (χ2n) is 16.2. The standard InChI is InChI=1S/C55H42N2/c1-55(2)32-31-40-34-50(56(41-19-7-3-8-20-41)42-21-9-4-10-22-42)46-30-29-45-47(39-28-27-37-17-15-16-18-38(37)33-39)36-51(48-35-49(55)52(40)54(46)53(45)48)57(43-23-11-5-12-24-43)44-25-13-6-14-26-44/h3-30,33-36H,31-32H2,1-2H3. The molecule has 0 heterocycles. The number of fused-ring (bicyclic) bond motifs is 1. The van der Waals surface area contributed by atoms with Crippen molar-refractivity contribution in [3.8, 4) is 11.1 Å². The zero-order chi connectivity index (χ0) is 38.1. The summed E-state index contributed by atoms with van der Waals surface area (Å²) in [6.45, 7) is 4.89. The van der Waals surface area contributed by atoms with Crippen LogP contribution in [0, 0.1) is 0 Å². The van der Waals surface area contributed by atoms with Crippen molar-refractivity contribution in [2.24, 2.45) is 0 Å². The summed E-state index contributed by atoms with van der Waals surface area (Å²) in [6, 6.07) is 71.6. The van der Waals surface area contributed by atoms with E-state index in [1.807, 2.05) is 0 Å². The van der Waals surface area contributed by atoms with Crippen LogP contribution in [0.5, 0.6) is 0 Å². The van der Waals surface area contributed by atoms with E-state index in [-0.39, 0.29) is 5.41 Å². The quantitative estimate of drug-likeness (QED) is 0.151. The summed E-state index contributed by atoms with van der Waals surface area (Å²) < 4.78 is 0. The average Bonchev–Trinajstić information content (AvgIpc) is 3.26. The van der Waals surface area contributed by atoms with Crippen LogP contribution in [0.2, 0.25) is 0 Å². The number of nitrogens with zero attached hydrogens (tertiary/aromatic N) is 2. The van der Waals surface area contributed by atoms with Gasteiger partial charge >= 0.3 is 0 Å². The normalized spacial score (nSPS) is 13.4. The lowest BCUT2D eigenvalue weighted by molar-refractivity contribution is 0.475. The molecule has 0 amide bonds. The zero-order valence-electron chi connectivity index (χ0n) is 32.3. The SMILES string of the molecule is CC1(C)CCc2cc(N(c3ccccc3)c3ccccc3)c3ccc4c(-c5ccc6ccccc6c5)cc(N(c5ccccc5)c5ccccc5)c5cc1c2c3c45. The first-order valence-corrected chi connectivity index (χ1v) is 20.1. The molecular weight excluding hydrogens is 689 g/mol. The van der Waals surface area contributed by atoms with E-state index in [4.69, 9.17) is 0 Å². The van der Waals surface area contributed by atoms with Gasteiger partial charge in [0.25, 0.3) is 0 Å². The second kappa shape index (κ2) is 13.1. The van der Waals surface area contributed by atoms with Gasteiger partial charge in [0.1, 0.15) is 0 Å². The van der Waals surface area contributed by atoms with Crippen LogP contribution in [0.4, 0.5) is 34.1 Å². The molecule has 0 spiro atoms. The van der Waals surface area contributed by atoms with Gasteiger partial charge in [0.15, 0.2) is 0 Å². The zero-order valence-corrected chi connectivity index (χ0v) is 32.3. The molecule has 0 fully saturated rings. The Bertz CT molecular complexity index is 3000. The molecule has 0 saturated carbocycles. The lowest BCUT2D eigenvalue weighted by Crippen LogP contribution is -2.24. The van der Waals surface area contributed by atoms with Gasteiger partial charge in [-0.15, -0.1) is 0 Å². The molecule has 1 aliphatic rings. The maximum absolute atomic E-state index is 2.57. The molecule has 1 aliphatic carbocycles. The number of rotatable bonds is 7. The summed E-state index contributed by atoms with van der Waals surface area (Å²) >= 11 is 0. The molecule has 0 bridgehead atoms. The minimum atomic E-state index is -0.00153. The predicted octanol–water partition coefficient (Wildman–Crippen LogP) is 15.6. The molecule has 10 aromatic carbocycles. The predicted molar refractivity (Wildman–Crippen MR) is 244 cm³/mol. The van der Waals surface area contributed by atoms with Gasteiger partial charge in [-0.3, -0.25) is 0 Å². The molecule has 0 atom stereocenters. The molecule has 0 unspecified atom stereocenters. The van der Waals surface area contributed by atoms with Gasteiger partial charge in [0, 0.05) is 44.3 Å². The Kier molecular flexibility index (Phi) is 7.69. The molecule has 0 radical (unpaired) electrons. The van der Waals surface area contributed by atoms with Crippen LogP contribution in [0.15, 0.2) is 194 Å². The summed E-state index contributed by atoms with van der Waals surface area (Å²) in [4.78, 5) is 4.94. The Hall–Kier alpha value is -6.90. The van der Waals surface area contributed by atoms with Crippen molar-refractivity contribution < 1.29 is 0 Å². The van der Waals surface area contributed by atoms with Gasteiger partial charge in [-0.25, -0.2) is 0 Å². The molecule has 0 N–H and O–H groups in total. The van der Waals surface area contributed by atoms with Crippen LogP contribution in [0.3, 0.4) is 0 Å². The average molecular weight is 731 g/mol. The van der Waals surface area contributed by atoms with E-state index in [0.717, 1.165) is 35.6 Å². The lowest BCUT2D eigenvalue weighted by atomic mass is 9.70. The van der Waals surface area contributed by atoms with E-state index in [2.05, 4.69) is 218 Å². The number of anilines is 6. The van der Waals surface area contributed by atoms with Crippen LogP contribution in [0.1, 0.15) is 31.4 Å². The summed E-state index contributed by atoms with van der Waals surface area (Å²) in [5.74, 6) is 0. The summed E-state index contributed by atoms with van der Waals surface area (Å²) in [5, 5.41) is 10.4. The van der Waals surface area contributed by atoms with Crippen LogP contribution < -0.4 is 9.80 Å². The summed E-state index contributed by atoms with van der Waals surface area (Å²) in [5.41, 5.74) is 12.3. The Morgan fingerprint density at radius 3 is 1.49 bits per heavy atom. The third kappa shape index (κ3) is 5.39. The van der Waals surface area contributed by atoms with Gasteiger partial charge in [0.05, 0.1) is 11.4 Å². The van der Waals surface area contributed by atoms with Crippen LogP contribution in [0.25, 0.3) is 54.2 Å². The van der Waals surface area contributed by atoms with Gasteiger partial charge in [-0.1, -0.05) is 135 Å². The lowest BCUT2D eigenvalue weighted by Gasteiger charge is -2.37. The highest BCUT2D eigenvalue weighted by Crippen LogP contribution is 2.54. The molecule has 0 aliphatic heterocycles. The Morgan fingerprint density at radius 2 is 0.912 bits per heavy atom. The van der Waals surface area contributed by atoms with Crippen molar-refractivity contribution in [2.45, 2.75) is 32.1 Å². The number of hydrogen-bond acceptors (Lipinski definition) is 2. The first-order valence-electron chi connectivity index (χ1n) is 20.1. The van der Waals surface area contributed by atoms with Crippen molar-refractivity contribution in [1.82, 2.24) is 0 Å². The Morgan fingerprint density at radius 1 is 0.404 bits per heavy atom. The van der Waals surface area contributed by atoms with E-state index < -0.39 is 0 Å². The van der Waals surface area contributed by atoms with Gasteiger partial charge < -0.3 is 9.80 Å². The third-order valence-corrected chi connectivity index (χ3v) is 12.4. The molecule has 272 valence electrons. The minimum Gasteiger partial charge on any atom is -0.310 e. The summed E-state index contributed by atoms with van der Waals surface area (Å²) in [6.07, 6.45) is 2.12. The topological polar surface area (TPSA) is 6.48 Å². The molecular formula is C55H42N2. The number of benzene rings is 10.